The lowest BCUT2D eigenvalue weighted by Crippen LogP contribution is -2.09. The fourth-order valence-corrected chi connectivity index (χ4v) is 2.66. The summed E-state index contributed by atoms with van der Waals surface area (Å²) in [6, 6.07) is 4.83. The molecule has 2 aromatic rings. The van der Waals surface area contributed by atoms with Gasteiger partial charge in [0.2, 0.25) is 0 Å². The number of fused-ring (bicyclic) bond motifs is 1. The molecule has 0 atom stereocenters. The average Bonchev–Trinajstić information content (AvgIpc) is 2.28. The van der Waals surface area contributed by atoms with E-state index in [2.05, 4.69) is 46.8 Å². The van der Waals surface area contributed by atoms with Gasteiger partial charge in [-0.05, 0) is 53.1 Å². The monoisotopic (exact) mass is 359 g/mol. The number of nitrogens with two attached hydrogens (primary N) is 1. The summed E-state index contributed by atoms with van der Waals surface area (Å²) in [5, 5.41) is 0.717. The van der Waals surface area contributed by atoms with Crippen LogP contribution in [0, 0.1) is 15.3 Å². The number of pyridine rings is 1. The van der Waals surface area contributed by atoms with Crippen molar-refractivity contribution >= 4 is 39.2 Å². The van der Waals surface area contributed by atoms with Crippen molar-refractivity contribution in [1.82, 2.24) is 4.98 Å². The minimum absolute atomic E-state index is 0.276. The summed E-state index contributed by atoms with van der Waals surface area (Å²) in [4.78, 5) is 4.59. The first-order chi connectivity index (χ1) is 8.51. The SMILES string of the molecule is CC(C)Cc1cc(NN)c2cc(F)cc(I)c2n1. The van der Waals surface area contributed by atoms with Crippen molar-refractivity contribution in [3.8, 4) is 0 Å². The number of nitrogen functional groups attached to an aromatic ring is 1. The minimum atomic E-state index is -0.276. The third-order valence-electron chi connectivity index (χ3n) is 2.66. The van der Waals surface area contributed by atoms with Gasteiger partial charge in [0.25, 0.3) is 0 Å². The molecule has 0 radical (unpaired) electrons. The molecular formula is C13H15FIN3. The molecule has 0 saturated carbocycles. The van der Waals surface area contributed by atoms with Crippen LogP contribution in [-0.2, 0) is 6.42 Å². The van der Waals surface area contributed by atoms with Crippen molar-refractivity contribution < 1.29 is 4.39 Å². The Hall–Kier alpha value is -0.950. The zero-order valence-corrected chi connectivity index (χ0v) is 12.5. The second-order valence-corrected chi connectivity index (χ2v) is 5.85. The van der Waals surface area contributed by atoms with Crippen LogP contribution < -0.4 is 11.3 Å². The highest BCUT2D eigenvalue weighted by molar-refractivity contribution is 14.1. The van der Waals surface area contributed by atoms with E-state index in [0.717, 1.165) is 26.6 Å². The lowest BCUT2D eigenvalue weighted by molar-refractivity contribution is 0.627. The Morgan fingerprint density at radius 1 is 1.39 bits per heavy atom. The largest absolute Gasteiger partial charge is 0.323 e. The maximum atomic E-state index is 13.4. The van der Waals surface area contributed by atoms with Gasteiger partial charge in [-0.15, -0.1) is 0 Å². The predicted octanol–water partition coefficient (Wildman–Crippen LogP) is 3.46. The van der Waals surface area contributed by atoms with E-state index < -0.39 is 0 Å². The number of rotatable bonds is 3. The summed E-state index contributed by atoms with van der Waals surface area (Å²) in [6.45, 7) is 4.27. The third-order valence-corrected chi connectivity index (χ3v) is 3.48. The highest BCUT2D eigenvalue weighted by atomic mass is 127. The van der Waals surface area contributed by atoms with E-state index in [1.165, 1.54) is 12.1 Å². The zero-order valence-electron chi connectivity index (χ0n) is 10.3. The number of benzene rings is 1. The molecule has 0 fully saturated rings. The number of hydrazine groups is 1. The van der Waals surface area contributed by atoms with Gasteiger partial charge in [0.05, 0.1) is 11.2 Å². The Kier molecular flexibility index (Phi) is 4.01. The van der Waals surface area contributed by atoms with Crippen molar-refractivity contribution in [3.63, 3.8) is 0 Å². The lowest BCUT2D eigenvalue weighted by Gasteiger charge is -2.11. The fraction of sp³-hybridized carbons (Fsp3) is 0.308. The molecule has 0 unspecified atom stereocenters. The number of anilines is 1. The van der Waals surface area contributed by atoms with E-state index in [-0.39, 0.29) is 5.82 Å². The average molecular weight is 359 g/mol. The highest BCUT2D eigenvalue weighted by Crippen LogP contribution is 2.28. The fourth-order valence-electron chi connectivity index (χ4n) is 1.95. The molecule has 0 aliphatic rings. The van der Waals surface area contributed by atoms with Crippen molar-refractivity contribution in [2.45, 2.75) is 20.3 Å². The smallest absolute Gasteiger partial charge is 0.125 e. The van der Waals surface area contributed by atoms with E-state index >= 15 is 0 Å². The second-order valence-electron chi connectivity index (χ2n) is 4.69. The Bertz CT molecular complexity index is 584. The Balaban J connectivity index is 2.67. The molecule has 1 aromatic heterocycles. The van der Waals surface area contributed by atoms with Crippen LogP contribution in [0.1, 0.15) is 19.5 Å². The second kappa shape index (κ2) is 5.36. The molecule has 18 heavy (non-hydrogen) atoms. The maximum absolute atomic E-state index is 13.4. The van der Waals surface area contributed by atoms with Crippen LogP contribution in [-0.4, -0.2) is 4.98 Å². The van der Waals surface area contributed by atoms with Gasteiger partial charge in [-0.2, -0.15) is 0 Å². The van der Waals surface area contributed by atoms with Crippen LogP contribution in [0.25, 0.3) is 10.9 Å². The Morgan fingerprint density at radius 2 is 2.11 bits per heavy atom. The topological polar surface area (TPSA) is 50.9 Å². The van der Waals surface area contributed by atoms with Gasteiger partial charge < -0.3 is 5.43 Å². The summed E-state index contributed by atoms with van der Waals surface area (Å²) in [6.07, 6.45) is 0.873. The van der Waals surface area contributed by atoms with Crippen LogP contribution in [0.3, 0.4) is 0 Å². The van der Waals surface area contributed by atoms with Gasteiger partial charge in [0.1, 0.15) is 5.82 Å². The third kappa shape index (κ3) is 2.72. The molecule has 1 aromatic carbocycles. The number of hydrogen-bond acceptors (Lipinski definition) is 3. The number of halogens is 2. The molecule has 3 nitrogen and oxygen atoms in total. The number of hydrogen-bond donors (Lipinski definition) is 2. The van der Waals surface area contributed by atoms with Crippen molar-refractivity contribution in [2.24, 2.45) is 11.8 Å². The van der Waals surface area contributed by atoms with E-state index in [1.807, 2.05) is 6.07 Å². The summed E-state index contributed by atoms with van der Waals surface area (Å²) in [7, 11) is 0. The van der Waals surface area contributed by atoms with Crippen LogP contribution in [0.4, 0.5) is 10.1 Å². The van der Waals surface area contributed by atoms with E-state index in [0.29, 0.717) is 11.6 Å². The summed E-state index contributed by atoms with van der Waals surface area (Å²) < 4.78 is 14.2. The quantitative estimate of drug-likeness (QED) is 0.501. The first kappa shape index (κ1) is 13.5. The summed E-state index contributed by atoms with van der Waals surface area (Å²) in [5.41, 5.74) is 5.11. The Labute approximate surface area is 119 Å². The summed E-state index contributed by atoms with van der Waals surface area (Å²) in [5.74, 6) is 5.75. The molecule has 0 amide bonds. The van der Waals surface area contributed by atoms with Crippen molar-refractivity contribution in [1.29, 1.82) is 0 Å². The highest BCUT2D eigenvalue weighted by Gasteiger charge is 2.10. The standard InChI is InChI=1S/C13H15FIN3/c1-7(2)3-9-6-12(18-16)10-4-8(14)5-11(15)13(10)17-9/h4-7H,3,16H2,1-2H3,(H,17,18). The van der Waals surface area contributed by atoms with E-state index in [1.54, 1.807) is 0 Å². The number of aromatic nitrogens is 1. The van der Waals surface area contributed by atoms with Crippen LogP contribution in [0.5, 0.6) is 0 Å². The molecule has 2 rings (SSSR count). The molecule has 0 saturated heterocycles. The van der Waals surface area contributed by atoms with Gasteiger partial charge in [0, 0.05) is 14.7 Å². The van der Waals surface area contributed by atoms with Gasteiger partial charge >= 0.3 is 0 Å². The molecule has 96 valence electrons. The molecule has 5 heteroatoms. The van der Waals surface area contributed by atoms with Gasteiger partial charge in [-0.25, -0.2) is 4.39 Å². The molecule has 0 aliphatic carbocycles. The van der Waals surface area contributed by atoms with E-state index in [4.69, 9.17) is 5.84 Å². The molecule has 0 aliphatic heterocycles. The molecular weight excluding hydrogens is 344 g/mol. The van der Waals surface area contributed by atoms with Gasteiger partial charge in [0.15, 0.2) is 0 Å². The van der Waals surface area contributed by atoms with E-state index in [9.17, 15) is 4.39 Å². The van der Waals surface area contributed by atoms with Gasteiger partial charge in [-0.3, -0.25) is 10.8 Å². The number of nitrogens with one attached hydrogen (secondary N) is 1. The molecule has 0 spiro atoms. The minimum Gasteiger partial charge on any atom is -0.323 e. The summed E-state index contributed by atoms with van der Waals surface area (Å²) >= 11 is 2.10. The van der Waals surface area contributed by atoms with Crippen molar-refractivity contribution in [3.05, 3.63) is 33.3 Å². The molecule has 1 heterocycles. The molecule has 0 bridgehead atoms. The zero-order chi connectivity index (χ0) is 13.3. The number of nitrogens with zero attached hydrogens (tertiary/aromatic N) is 1. The first-order valence-corrected chi connectivity index (χ1v) is 6.84. The van der Waals surface area contributed by atoms with Crippen LogP contribution in [0.15, 0.2) is 18.2 Å². The lowest BCUT2D eigenvalue weighted by atomic mass is 10.1. The predicted molar refractivity (Wildman–Crippen MR) is 80.8 cm³/mol. The normalized spacial score (nSPS) is 11.2. The van der Waals surface area contributed by atoms with Gasteiger partial charge in [-0.1, -0.05) is 13.8 Å². The maximum Gasteiger partial charge on any atom is 0.125 e. The van der Waals surface area contributed by atoms with Crippen LogP contribution in [0.2, 0.25) is 0 Å². The van der Waals surface area contributed by atoms with Crippen LogP contribution >= 0.6 is 22.6 Å². The molecule has 3 N–H and O–H groups in total. The Morgan fingerprint density at radius 3 is 2.72 bits per heavy atom. The first-order valence-electron chi connectivity index (χ1n) is 5.76. The van der Waals surface area contributed by atoms with Crippen molar-refractivity contribution in [2.75, 3.05) is 5.43 Å².